The zero-order valence-corrected chi connectivity index (χ0v) is 25.0. The van der Waals surface area contributed by atoms with Crippen LogP contribution in [0.5, 0.6) is 11.5 Å². The minimum absolute atomic E-state index is 0.0346. The lowest BCUT2D eigenvalue weighted by atomic mass is 9.97. The second-order valence-electron chi connectivity index (χ2n) is 10.9. The van der Waals surface area contributed by atoms with Crippen LogP contribution in [0.3, 0.4) is 0 Å². The number of carbonyl (C=O) groups excluding carboxylic acids is 2. The Morgan fingerprint density at radius 1 is 0.837 bits per heavy atom. The highest BCUT2D eigenvalue weighted by Gasteiger charge is 2.41. The predicted molar refractivity (Wildman–Crippen MR) is 168 cm³/mol. The van der Waals surface area contributed by atoms with Gasteiger partial charge in [0.15, 0.2) is 0 Å². The van der Waals surface area contributed by atoms with E-state index in [1.807, 2.05) is 36.4 Å². The number of benzene rings is 3. The molecule has 0 saturated heterocycles. The summed E-state index contributed by atoms with van der Waals surface area (Å²) in [7, 11) is 0. The third-order valence-corrected chi connectivity index (χ3v) is 9.12. The smallest absolute Gasteiger partial charge is 0.311 e. The van der Waals surface area contributed by atoms with Crippen molar-refractivity contribution in [1.29, 1.82) is 0 Å². The van der Waals surface area contributed by atoms with Gasteiger partial charge >= 0.3 is 5.97 Å². The fraction of sp³-hybridized carbons (Fsp3) is 0.412. The van der Waals surface area contributed by atoms with E-state index in [0.29, 0.717) is 47.8 Å². The van der Waals surface area contributed by atoms with Gasteiger partial charge in [-0.2, -0.15) is 11.8 Å². The Hall–Kier alpha value is -3.37. The van der Waals surface area contributed by atoms with E-state index >= 15 is 0 Å². The Morgan fingerprint density at radius 3 is 2.23 bits per heavy atom. The summed E-state index contributed by atoms with van der Waals surface area (Å²) in [4.78, 5) is 24.6. The van der Waals surface area contributed by atoms with Gasteiger partial charge in [-0.3, -0.25) is 9.59 Å². The molecule has 230 valence electrons. The number of hydrogen-bond donors (Lipinski definition) is 4. The quantitative estimate of drug-likeness (QED) is 0.0960. The van der Waals surface area contributed by atoms with Crippen molar-refractivity contribution in [3.8, 4) is 11.5 Å². The highest BCUT2D eigenvalue weighted by atomic mass is 32.2. The molecule has 1 amide bonds. The number of rotatable bonds is 16. The molecule has 4 rings (SSSR count). The van der Waals surface area contributed by atoms with Crippen molar-refractivity contribution in [1.82, 2.24) is 0 Å². The van der Waals surface area contributed by atoms with Crippen LogP contribution < -0.4 is 14.8 Å². The molecule has 0 radical (unpaired) electrons. The topological polar surface area (TPSA) is 125 Å². The highest BCUT2D eigenvalue weighted by Crippen LogP contribution is 2.39. The van der Waals surface area contributed by atoms with Crippen LogP contribution >= 0.6 is 11.8 Å². The van der Waals surface area contributed by atoms with Crippen LogP contribution in [0.2, 0.25) is 0 Å². The van der Waals surface area contributed by atoms with Gasteiger partial charge in [0.05, 0.1) is 18.3 Å². The molecule has 4 N–H and O–H groups in total. The number of hydrogen-bond acceptors (Lipinski definition) is 8. The average molecular weight is 608 g/mol. The zero-order valence-electron chi connectivity index (χ0n) is 24.2. The SMILES string of the molecule is O=C(CCCCCC[C@H]1C(O)C[C@@H](O)[C@@H]1SCC(O)COc1ccccc1)Oc1ccc(NC(=O)c2ccccc2)cc1. The van der Waals surface area contributed by atoms with Crippen molar-refractivity contribution >= 4 is 29.3 Å². The van der Waals surface area contributed by atoms with E-state index in [0.717, 1.165) is 25.7 Å². The monoisotopic (exact) mass is 607 g/mol. The predicted octanol–water partition coefficient (Wildman–Crippen LogP) is 5.47. The lowest BCUT2D eigenvalue weighted by molar-refractivity contribution is -0.134. The molecule has 3 aromatic carbocycles. The average Bonchev–Trinajstić information content (AvgIpc) is 3.29. The second-order valence-corrected chi connectivity index (χ2v) is 12.1. The number of carbonyl (C=O) groups is 2. The molecule has 43 heavy (non-hydrogen) atoms. The van der Waals surface area contributed by atoms with E-state index in [9.17, 15) is 24.9 Å². The Balaban J connectivity index is 1.09. The zero-order chi connectivity index (χ0) is 30.4. The molecule has 0 spiro atoms. The Morgan fingerprint density at radius 2 is 1.51 bits per heavy atom. The van der Waals surface area contributed by atoms with E-state index in [1.165, 1.54) is 11.8 Å². The van der Waals surface area contributed by atoms with Gasteiger partial charge in [0.2, 0.25) is 0 Å². The molecule has 1 aliphatic rings. The van der Waals surface area contributed by atoms with E-state index in [1.54, 1.807) is 48.5 Å². The number of aliphatic hydroxyl groups excluding tert-OH is 3. The first kappa shape index (κ1) is 32.5. The molecule has 9 heteroatoms. The Labute approximate surface area is 257 Å². The molecule has 0 aliphatic heterocycles. The molecule has 2 unspecified atom stereocenters. The van der Waals surface area contributed by atoms with Crippen LogP contribution in [0.25, 0.3) is 0 Å². The van der Waals surface area contributed by atoms with Gasteiger partial charge in [0.1, 0.15) is 18.1 Å². The maximum absolute atomic E-state index is 12.3. The molecule has 0 aromatic heterocycles. The van der Waals surface area contributed by atoms with Crippen molar-refractivity contribution in [3.63, 3.8) is 0 Å². The molecule has 0 heterocycles. The molecule has 1 aliphatic carbocycles. The summed E-state index contributed by atoms with van der Waals surface area (Å²) in [5.41, 5.74) is 1.18. The summed E-state index contributed by atoms with van der Waals surface area (Å²) in [5, 5.41) is 34.1. The van der Waals surface area contributed by atoms with E-state index in [4.69, 9.17) is 9.47 Å². The first-order valence-electron chi connectivity index (χ1n) is 14.9. The lowest BCUT2D eigenvalue weighted by Crippen LogP contribution is -2.28. The summed E-state index contributed by atoms with van der Waals surface area (Å²) in [6.07, 6.45) is 2.96. The third kappa shape index (κ3) is 10.7. The standard InChI is InChI=1S/C34H41NO7S/c36-26(22-41-27-13-7-4-8-14-27)23-43-33-29(30(37)21-31(33)38)15-9-1-2-10-16-32(39)42-28-19-17-25(18-20-28)35-34(40)24-11-5-3-6-12-24/h3-8,11-14,17-20,26,29-31,33,36-38H,1-2,9-10,15-16,21-23H2,(H,35,40)/t26?,29-,30?,31+,33+/m0/s1. The summed E-state index contributed by atoms with van der Waals surface area (Å²) < 4.78 is 11.1. The van der Waals surface area contributed by atoms with Gasteiger partial charge in [-0.25, -0.2) is 0 Å². The molecular formula is C34H41NO7S. The van der Waals surface area contributed by atoms with E-state index in [-0.39, 0.29) is 29.7 Å². The molecule has 0 bridgehead atoms. The minimum Gasteiger partial charge on any atom is -0.491 e. The minimum atomic E-state index is -0.672. The summed E-state index contributed by atoms with van der Waals surface area (Å²) >= 11 is 1.50. The second kappa shape index (κ2) is 17.1. The number of amides is 1. The molecule has 5 atom stereocenters. The first-order valence-corrected chi connectivity index (χ1v) is 15.9. The van der Waals surface area contributed by atoms with E-state index < -0.39 is 18.3 Å². The van der Waals surface area contributed by atoms with Gasteiger partial charge in [-0.15, -0.1) is 0 Å². The molecule has 3 aromatic rings. The van der Waals surface area contributed by atoms with Gasteiger partial charge in [0, 0.05) is 35.1 Å². The number of anilines is 1. The normalized spacial score (nSPS) is 20.3. The van der Waals surface area contributed by atoms with Gasteiger partial charge in [-0.1, -0.05) is 55.7 Å². The van der Waals surface area contributed by atoms with Crippen LogP contribution in [-0.4, -0.2) is 63.1 Å². The fourth-order valence-electron chi connectivity index (χ4n) is 5.22. The van der Waals surface area contributed by atoms with Crippen LogP contribution in [0.1, 0.15) is 55.3 Å². The molecule has 8 nitrogen and oxygen atoms in total. The third-order valence-electron chi connectivity index (χ3n) is 7.49. The number of esters is 1. The van der Waals surface area contributed by atoms with Gasteiger partial charge in [0.25, 0.3) is 5.91 Å². The van der Waals surface area contributed by atoms with Crippen molar-refractivity contribution in [2.24, 2.45) is 5.92 Å². The van der Waals surface area contributed by atoms with Crippen molar-refractivity contribution in [2.75, 3.05) is 17.7 Å². The van der Waals surface area contributed by atoms with Crippen molar-refractivity contribution < 1.29 is 34.4 Å². The Bertz CT molecular complexity index is 1260. The Kier molecular flexibility index (Phi) is 12.9. The van der Waals surface area contributed by atoms with E-state index in [2.05, 4.69) is 5.32 Å². The van der Waals surface area contributed by atoms with Crippen molar-refractivity contribution in [3.05, 3.63) is 90.5 Å². The largest absolute Gasteiger partial charge is 0.491 e. The number of thioether (sulfide) groups is 1. The number of ether oxygens (including phenoxy) is 2. The van der Waals surface area contributed by atoms with Crippen LogP contribution in [0.15, 0.2) is 84.9 Å². The number of nitrogens with one attached hydrogen (secondary N) is 1. The molecular weight excluding hydrogens is 566 g/mol. The lowest BCUT2D eigenvalue weighted by Gasteiger charge is -2.24. The summed E-state index contributed by atoms with van der Waals surface area (Å²) in [6, 6.07) is 25.0. The number of para-hydroxylation sites is 1. The first-order chi connectivity index (χ1) is 20.9. The van der Waals surface area contributed by atoms with Crippen LogP contribution in [-0.2, 0) is 4.79 Å². The van der Waals surface area contributed by atoms with Gasteiger partial charge < -0.3 is 30.1 Å². The summed E-state index contributed by atoms with van der Waals surface area (Å²) in [6.45, 7) is 0.174. The number of unbranched alkanes of at least 4 members (excludes halogenated alkanes) is 3. The maximum atomic E-state index is 12.3. The van der Waals surface area contributed by atoms with Crippen molar-refractivity contribution in [2.45, 2.75) is 68.5 Å². The molecule has 1 fully saturated rings. The van der Waals surface area contributed by atoms with Crippen LogP contribution in [0.4, 0.5) is 5.69 Å². The van der Waals surface area contributed by atoms with Crippen LogP contribution in [0, 0.1) is 5.92 Å². The van der Waals surface area contributed by atoms with Gasteiger partial charge in [-0.05, 0) is 67.3 Å². The maximum Gasteiger partial charge on any atom is 0.311 e. The summed E-state index contributed by atoms with van der Waals surface area (Å²) in [5.74, 6) is 1.01. The molecule has 1 saturated carbocycles. The number of aliphatic hydroxyl groups is 3. The fourth-order valence-corrected chi connectivity index (χ4v) is 6.65. The highest BCUT2D eigenvalue weighted by molar-refractivity contribution is 8.00.